The first-order valence-corrected chi connectivity index (χ1v) is 7.41. The minimum Gasteiger partial charge on any atom is -0.484 e. The van der Waals surface area contributed by atoms with Crippen molar-refractivity contribution in [2.24, 2.45) is 0 Å². The number of hydrogen-bond donors (Lipinski definition) is 1. The summed E-state index contributed by atoms with van der Waals surface area (Å²) in [5.41, 5.74) is -0.0584. The molecule has 1 aliphatic rings. The van der Waals surface area contributed by atoms with Gasteiger partial charge in [0.15, 0.2) is 6.61 Å². The van der Waals surface area contributed by atoms with E-state index in [1.807, 2.05) is 30.3 Å². The lowest BCUT2D eigenvalue weighted by molar-refractivity contribution is -0.124. The second-order valence-electron chi connectivity index (χ2n) is 4.77. The molecule has 1 N–H and O–H groups in total. The fourth-order valence-electron chi connectivity index (χ4n) is 2.34. The van der Waals surface area contributed by atoms with Gasteiger partial charge in [0.1, 0.15) is 5.75 Å². The maximum atomic E-state index is 11.9. The number of hydrogen-bond acceptors (Lipinski definition) is 2. The quantitative estimate of drug-likeness (QED) is 0.849. The van der Waals surface area contributed by atoms with Gasteiger partial charge in [-0.15, -0.1) is 0 Å². The van der Waals surface area contributed by atoms with Gasteiger partial charge in [0, 0.05) is 10.9 Å². The summed E-state index contributed by atoms with van der Waals surface area (Å²) in [6.07, 6.45) is 4.47. The van der Waals surface area contributed by atoms with Crippen LogP contribution in [0.1, 0.15) is 25.7 Å². The van der Waals surface area contributed by atoms with E-state index in [1.54, 1.807) is 0 Å². The Morgan fingerprint density at radius 2 is 1.94 bits per heavy atom. The summed E-state index contributed by atoms with van der Waals surface area (Å²) in [4.78, 5) is 11.9. The first kappa shape index (κ1) is 13.4. The molecule has 0 saturated heterocycles. The molecule has 98 valence electrons. The summed E-state index contributed by atoms with van der Waals surface area (Å²) in [6.45, 7) is 0.0821. The Morgan fingerprint density at radius 1 is 1.28 bits per heavy atom. The van der Waals surface area contributed by atoms with Gasteiger partial charge in [-0.05, 0) is 25.0 Å². The van der Waals surface area contributed by atoms with Gasteiger partial charge in [-0.1, -0.05) is 47.0 Å². The van der Waals surface area contributed by atoms with E-state index < -0.39 is 0 Å². The second-order valence-corrected chi connectivity index (χ2v) is 5.33. The van der Waals surface area contributed by atoms with E-state index in [0.29, 0.717) is 0 Å². The van der Waals surface area contributed by atoms with E-state index in [-0.39, 0.29) is 18.1 Å². The van der Waals surface area contributed by atoms with Crippen molar-refractivity contribution in [2.75, 3.05) is 11.9 Å². The lowest BCUT2D eigenvalue weighted by Crippen LogP contribution is -2.49. The highest BCUT2D eigenvalue weighted by Gasteiger charge is 2.34. The molecule has 0 unspecified atom stereocenters. The molecule has 1 saturated carbocycles. The van der Waals surface area contributed by atoms with Crippen molar-refractivity contribution in [1.29, 1.82) is 0 Å². The molecule has 1 amide bonds. The van der Waals surface area contributed by atoms with Gasteiger partial charge in [-0.3, -0.25) is 4.79 Å². The number of carbonyl (C=O) groups is 1. The normalized spacial score (nSPS) is 17.4. The van der Waals surface area contributed by atoms with E-state index in [4.69, 9.17) is 4.74 Å². The van der Waals surface area contributed by atoms with Gasteiger partial charge in [0.05, 0.1) is 0 Å². The summed E-state index contributed by atoms with van der Waals surface area (Å²) < 4.78 is 5.44. The lowest BCUT2D eigenvalue weighted by atomic mass is 10.0. The van der Waals surface area contributed by atoms with Crippen LogP contribution in [0.25, 0.3) is 0 Å². The van der Waals surface area contributed by atoms with Gasteiger partial charge < -0.3 is 10.1 Å². The molecule has 1 aliphatic carbocycles. The largest absolute Gasteiger partial charge is 0.484 e. The third-order valence-corrected chi connectivity index (χ3v) is 4.41. The molecule has 0 bridgehead atoms. The van der Waals surface area contributed by atoms with Crippen molar-refractivity contribution < 1.29 is 9.53 Å². The van der Waals surface area contributed by atoms with E-state index >= 15 is 0 Å². The molecule has 0 radical (unpaired) electrons. The number of halogens is 1. The van der Waals surface area contributed by atoms with Crippen molar-refractivity contribution in [1.82, 2.24) is 5.32 Å². The van der Waals surface area contributed by atoms with Gasteiger partial charge in [-0.25, -0.2) is 0 Å². The summed E-state index contributed by atoms with van der Waals surface area (Å²) in [5.74, 6) is 0.687. The molecule has 1 fully saturated rings. The number of benzene rings is 1. The highest BCUT2D eigenvalue weighted by molar-refractivity contribution is 9.09. The Hall–Kier alpha value is -1.03. The molecule has 1 aromatic carbocycles. The third kappa shape index (κ3) is 3.48. The fraction of sp³-hybridized carbons (Fsp3) is 0.500. The highest BCUT2D eigenvalue weighted by Crippen LogP contribution is 2.31. The minimum atomic E-state index is -0.0584. The van der Waals surface area contributed by atoms with Crippen LogP contribution in [0.3, 0.4) is 0 Å². The number of amides is 1. The highest BCUT2D eigenvalue weighted by atomic mass is 79.9. The predicted molar refractivity (Wildman–Crippen MR) is 75.1 cm³/mol. The summed E-state index contributed by atoms with van der Waals surface area (Å²) >= 11 is 3.50. The second kappa shape index (κ2) is 6.23. The molecule has 1 aromatic rings. The van der Waals surface area contributed by atoms with Crippen molar-refractivity contribution >= 4 is 21.8 Å². The monoisotopic (exact) mass is 311 g/mol. The summed E-state index contributed by atoms with van der Waals surface area (Å²) in [6, 6.07) is 9.41. The summed E-state index contributed by atoms with van der Waals surface area (Å²) in [5, 5.41) is 3.92. The van der Waals surface area contributed by atoms with Crippen LogP contribution in [0.4, 0.5) is 0 Å². The molecular weight excluding hydrogens is 294 g/mol. The zero-order chi connectivity index (χ0) is 12.8. The molecule has 0 aliphatic heterocycles. The Balaban J connectivity index is 1.82. The Bertz CT molecular complexity index is 388. The maximum absolute atomic E-state index is 11.9. The van der Waals surface area contributed by atoms with E-state index in [1.165, 1.54) is 12.8 Å². The average molecular weight is 312 g/mol. The minimum absolute atomic E-state index is 0.0415. The zero-order valence-corrected chi connectivity index (χ0v) is 11.9. The van der Waals surface area contributed by atoms with E-state index in [9.17, 15) is 4.79 Å². The number of nitrogens with one attached hydrogen (secondary N) is 1. The van der Waals surface area contributed by atoms with Crippen LogP contribution in [0.5, 0.6) is 5.75 Å². The van der Waals surface area contributed by atoms with Crippen molar-refractivity contribution in [3.63, 3.8) is 0 Å². The maximum Gasteiger partial charge on any atom is 0.258 e. The first-order chi connectivity index (χ1) is 8.74. The predicted octanol–water partition coefficient (Wildman–Crippen LogP) is 2.89. The Labute approximate surface area is 116 Å². The fourth-order valence-corrected chi connectivity index (χ4v) is 3.04. The SMILES string of the molecule is O=C(COc1ccccc1)NC1(CBr)CCCC1. The molecule has 2 rings (SSSR count). The van der Waals surface area contributed by atoms with Crippen LogP contribution >= 0.6 is 15.9 Å². The van der Waals surface area contributed by atoms with Crippen LogP contribution in [0.2, 0.25) is 0 Å². The van der Waals surface area contributed by atoms with E-state index in [0.717, 1.165) is 23.9 Å². The van der Waals surface area contributed by atoms with Crippen LogP contribution in [-0.4, -0.2) is 23.4 Å². The summed E-state index contributed by atoms with van der Waals surface area (Å²) in [7, 11) is 0. The number of ether oxygens (including phenoxy) is 1. The smallest absolute Gasteiger partial charge is 0.258 e. The van der Waals surface area contributed by atoms with Crippen LogP contribution in [0.15, 0.2) is 30.3 Å². The molecule has 18 heavy (non-hydrogen) atoms. The Kier molecular flexibility index (Phi) is 4.64. The molecule has 3 nitrogen and oxygen atoms in total. The molecule has 4 heteroatoms. The van der Waals surface area contributed by atoms with E-state index in [2.05, 4.69) is 21.2 Å². The molecular formula is C14H18BrNO2. The molecule has 0 spiro atoms. The zero-order valence-electron chi connectivity index (χ0n) is 10.3. The number of rotatable bonds is 5. The van der Waals surface area contributed by atoms with Crippen molar-refractivity contribution in [2.45, 2.75) is 31.2 Å². The van der Waals surface area contributed by atoms with Crippen molar-refractivity contribution in [3.05, 3.63) is 30.3 Å². The molecule has 0 aromatic heterocycles. The number of para-hydroxylation sites is 1. The van der Waals surface area contributed by atoms with Gasteiger partial charge in [0.2, 0.25) is 0 Å². The topological polar surface area (TPSA) is 38.3 Å². The van der Waals surface area contributed by atoms with Crippen LogP contribution < -0.4 is 10.1 Å². The van der Waals surface area contributed by atoms with Gasteiger partial charge in [-0.2, -0.15) is 0 Å². The van der Waals surface area contributed by atoms with Crippen LogP contribution in [0, 0.1) is 0 Å². The lowest BCUT2D eigenvalue weighted by Gasteiger charge is -2.28. The van der Waals surface area contributed by atoms with Gasteiger partial charge in [0.25, 0.3) is 5.91 Å². The average Bonchev–Trinajstić information content (AvgIpc) is 2.87. The molecule has 0 atom stereocenters. The third-order valence-electron chi connectivity index (χ3n) is 3.33. The number of alkyl halides is 1. The standard InChI is InChI=1S/C14H18BrNO2/c15-11-14(8-4-5-9-14)16-13(17)10-18-12-6-2-1-3-7-12/h1-3,6-7H,4-5,8-11H2,(H,16,17). The van der Waals surface area contributed by atoms with Crippen molar-refractivity contribution in [3.8, 4) is 5.75 Å². The Morgan fingerprint density at radius 3 is 2.56 bits per heavy atom. The molecule has 0 heterocycles. The van der Waals surface area contributed by atoms with Crippen LogP contribution in [-0.2, 0) is 4.79 Å². The first-order valence-electron chi connectivity index (χ1n) is 6.29. The van der Waals surface area contributed by atoms with Gasteiger partial charge >= 0.3 is 0 Å². The number of carbonyl (C=O) groups excluding carboxylic acids is 1.